The van der Waals surface area contributed by atoms with Crippen LogP contribution in [0.25, 0.3) is 22.8 Å². The molecule has 6 rings (SSSR count). The van der Waals surface area contributed by atoms with Crippen LogP contribution in [-0.4, -0.2) is 70.3 Å². The van der Waals surface area contributed by atoms with Gasteiger partial charge in [0.25, 0.3) is 0 Å². The van der Waals surface area contributed by atoms with Crippen molar-refractivity contribution in [1.29, 1.82) is 0 Å². The Morgan fingerprint density at radius 2 is 2.03 bits per heavy atom. The van der Waals surface area contributed by atoms with Gasteiger partial charge in [-0.15, -0.1) is 20.4 Å². The summed E-state index contributed by atoms with van der Waals surface area (Å²) < 4.78 is 15.6. The number of halogens is 1. The van der Waals surface area contributed by atoms with Gasteiger partial charge < -0.3 is 15.3 Å². The first-order chi connectivity index (χ1) is 16.4. The molecule has 1 aliphatic carbocycles. The van der Waals surface area contributed by atoms with E-state index < -0.39 is 6.17 Å². The van der Waals surface area contributed by atoms with Crippen molar-refractivity contribution >= 4 is 5.82 Å². The third kappa shape index (κ3) is 3.77. The fourth-order valence-corrected chi connectivity index (χ4v) is 5.55. The Morgan fingerprint density at radius 1 is 1.18 bits per heavy atom. The van der Waals surface area contributed by atoms with Crippen molar-refractivity contribution in [3.63, 3.8) is 0 Å². The number of phenols is 1. The average molecular weight is 466 g/mol. The van der Waals surface area contributed by atoms with Gasteiger partial charge in [-0.2, -0.15) is 4.80 Å². The van der Waals surface area contributed by atoms with Crippen molar-refractivity contribution in [1.82, 2.24) is 40.7 Å². The van der Waals surface area contributed by atoms with E-state index in [1.807, 2.05) is 0 Å². The number of hydrogen-bond acceptors (Lipinski definition) is 9. The molecule has 3 aliphatic rings. The number of benzene rings is 1. The molecule has 10 nitrogen and oxygen atoms in total. The Hall–Kier alpha value is -3.21. The number of tetrazole rings is 1. The molecule has 0 spiro atoms. The van der Waals surface area contributed by atoms with Gasteiger partial charge in [0.15, 0.2) is 11.6 Å². The van der Waals surface area contributed by atoms with Crippen LogP contribution >= 0.6 is 0 Å². The van der Waals surface area contributed by atoms with E-state index in [2.05, 4.69) is 47.7 Å². The third-order valence-electron chi connectivity index (χ3n) is 7.31. The summed E-state index contributed by atoms with van der Waals surface area (Å²) in [5.74, 6) is 1.32. The molecule has 4 atom stereocenters. The minimum Gasteiger partial charge on any atom is -0.507 e. The second-order valence-corrected chi connectivity index (χ2v) is 10.0. The van der Waals surface area contributed by atoms with Crippen molar-refractivity contribution in [3.8, 4) is 28.5 Å². The maximum atomic E-state index is 15.6. The summed E-state index contributed by atoms with van der Waals surface area (Å²) in [4.78, 5) is 7.97. The Morgan fingerprint density at radius 3 is 2.71 bits per heavy atom. The van der Waals surface area contributed by atoms with Gasteiger partial charge >= 0.3 is 0 Å². The number of aromatic nitrogens is 7. The molecule has 34 heavy (non-hydrogen) atoms. The van der Waals surface area contributed by atoms with E-state index >= 15 is 4.39 Å². The first-order valence-electron chi connectivity index (χ1n) is 11.9. The normalized spacial score (nSPS) is 28.6. The van der Waals surface area contributed by atoms with Crippen molar-refractivity contribution in [3.05, 3.63) is 24.4 Å². The van der Waals surface area contributed by atoms with Crippen LogP contribution in [0.15, 0.2) is 24.4 Å². The zero-order valence-electron chi connectivity index (χ0n) is 19.3. The number of piperidine rings is 2. The van der Waals surface area contributed by atoms with Crippen LogP contribution in [0.3, 0.4) is 0 Å². The highest BCUT2D eigenvalue weighted by Crippen LogP contribution is 2.42. The lowest BCUT2D eigenvalue weighted by atomic mass is 9.74. The van der Waals surface area contributed by atoms with Crippen LogP contribution in [0.4, 0.5) is 10.2 Å². The van der Waals surface area contributed by atoms with Crippen molar-refractivity contribution in [2.75, 3.05) is 4.90 Å². The molecule has 4 heterocycles. The monoisotopic (exact) mass is 465 g/mol. The molecule has 0 radical (unpaired) electrons. The van der Waals surface area contributed by atoms with E-state index in [4.69, 9.17) is 0 Å². The number of phenolic OH excluding ortho intramolecular Hbond substituents is 1. The molecule has 0 unspecified atom stereocenters. The van der Waals surface area contributed by atoms with E-state index in [0.717, 1.165) is 38.5 Å². The van der Waals surface area contributed by atoms with Crippen LogP contribution in [0.5, 0.6) is 5.75 Å². The summed E-state index contributed by atoms with van der Waals surface area (Å²) in [5.41, 5.74) is 1.05. The molecule has 2 N–H and O–H groups in total. The van der Waals surface area contributed by atoms with Gasteiger partial charge in [-0.05, 0) is 62.8 Å². The fraction of sp³-hybridized carbons (Fsp3) is 0.565. The molecule has 3 fully saturated rings. The standard InChI is InChI=1S/C23H28FN9O/c1-23-9-3-4-16(26-23)20(24)17(11-23)33(14-6-7-14)19-12-25-22(28-27-19)15-8-5-13(10-18(15)34)21-29-31-32(2)30-21/h5,8,10,12,14,16-17,20,26,34H,3-4,6-7,9,11H2,1-2H3/t16-,17-,20+,23-/m0/s1. The number of anilines is 1. The Bertz CT molecular complexity index is 1200. The van der Waals surface area contributed by atoms with E-state index in [0.29, 0.717) is 28.6 Å². The summed E-state index contributed by atoms with van der Waals surface area (Å²) in [7, 11) is 1.68. The predicted molar refractivity (Wildman–Crippen MR) is 123 cm³/mol. The van der Waals surface area contributed by atoms with Gasteiger partial charge in [-0.25, -0.2) is 9.37 Å². The SMILES string of the molecule is Cn1nnc(-c2ccc(-c3ncc(N(C4CC4)[C@H]4C[C@]5(C)CCC[C@H](N5)[C@H]4F)nn3)c(O)c2)n1. The summed E-state index contributed by atoms with van der Waals surface area (Å²) in [5, 5.41) is 34.8. The number of hydrogen-bond donors (Lipinski definition) is 2. The Kier molecular flexibility index (Phi) is 4.98. The molecule has 2 aliphatic heterocycles. The summed E-state index contributed by atoms with van der Waals surface area (Å²) in [6, 6.07) is 4.98. The first kappa shape index (κ1) is 21.3. The van der Waals surface area contributed by atoms with Crippen molar-refractivity contribution in [2.24, 2.45) is 7.05 Å². The molecule has 2 saturated heterocycles. The van der Waals surface area contributed by atoms with Crippen molar-refractivity contribution in [2.45, 2.75) is 75.3 Å². The molecular weight excluding hydrogens is 437 g/mol. The van der Waals surface area contributed by atoms with Crippen LogP contribution in [0.1, 0.15) is 45.4 Å². The van der Waals surface area contributed by atoms with E-state index in [1.165, 1.54) is 4.80 Å². The zero-order chi connectivity index (χ0) is 23.4. The molecule has 2 aromatic heterocycles. The lowest BCUT2D eigenvalue weighted by Crippen LogP contribution is -2.67. The molecule has 178 valence electrons. The number of alkyl halides is 1. The average Bonchev–Trinajstić information content (AvgIpc) is 3.56. The highest BCUT2D eigenvalue weighted by Gasteiger charge is 2.50. The molecule has 3 aromatic rings. The van der Waals surface area contributed by atoms with Crippen LogP contribution < -0.4 is 10.2 Å². The quantitative estimate of drug-likeness (QED) is 0.586. The van der Waals surface area contributed by atoms with Crippen molar-refractivity contribution < 1.29 is 9.50 Å². The number of aryl methyl sites for hydroxylation is 1. The maximum Gasteiger partial charge on any atom is 0.205 e. The highest BCUT2D eigenvalue weighted by molar-refractivity contribution is 5.70. The van der Waals surface area contributed by atoms with Gasteiger partial charge in [0.05, 0.1) is 24.8 Å². The lowest BCUT2D eigenvalue weighted by Gasteiger charge is -2.52. The molecule has 11 heteroatoms. The number of fused-ring (bicyclic) bond motifs is 2. The minimum atomic E-state index is -0.957. The van der Waals surface area contributed by atoms with Crippen LogP contribution in [0.2, 0.25) is 0 Å². The Labute approximate surface area is 196 Å². The largest absolute Gasteiger partial charge is 0.507 e. The summed E-state index contributed by atoms with van der Waals surface area (Å²) >= 11 is 0. The number of nitrogens with zero attached hydrogens (tertiary/aromatic N) is 8. The molecular formula is C23H28FN9O. The Balaban J connectivity index is 1.27. The maximum absolute atomic E-state index is 15.6. The number of nitrogens with one attached hydrogen (secondary N) is 1. The fourth-order valence-electron chi connectivity index (χ4n) is 5.55. The zero-order valence-corrected chi connectivity index (χ0v) is 19.3. The van der Waals surface area contributed by atoms with E-state index in [1.54, 1.807) is 31.4 Å². The smallest absolute Gasteiger partial charge is 0.205 e. The number of rotatable bonds is 5. The topological polar surface area (TPSA) is 118 Å². The van der Waals surface area contributed by atoms with Gasteiger partial charge in [0, 0.05) is 23.2 Å². The second kappa shape index (κ2) is 7.93. The molecule has 0 amide bonds. The molecule has 1 aromatic carbocycles. The lowest BCUT2D eigenvalue weighted by molar-refractivity contribution is 0.0584. The highest BCUT2D eigenvalue weighted by atomic mass is 19.1. The van der Waals surface area contributed by atoms with E-state index in [9.17, 15) is 5.11 Å². The minimum absolute atomic E-state index is 0.00137. The van der Waals surface area contributed by atoms with Crippen LogP contribution in [-0.2, 0) is 7.05 Å². The van der Waals surface area contributed by atoms with Gasteiger partial charge in [-0.1, -0.05) is 6.07 Å². The van der Waals surface area contributed by atoms with E-state index in [-0.39, 0.29) is 29.4 Å². The third-order valence-corrected chi connectivity index (χ3v) is 7.31. The van der Waals surface area contributed by atoms with Gasteiger partial charge in [-0.3, -0.25) is 0 Å². The summed E-state index contributed by atoms with van der Waals surface area (Å²) in [6.45, 7) is 2.21. The second-order valence-electron chi connectivity index (χ2n) is 10.0. The number of aromatic hydroxyl groups is 1. The predicted octanol–water partition coefficient (Wildman–Crippen LogP) is 2.41. The molecule has 1 saturated carbocycles. The summed E-state index contributed by atoms with van der Waals surface area (Å²) in [6.07, 6.45) is 6.49. The first-order valence-corrected chi connectivity index (χ1v) is 11.9. The van der Waals surface area contributed by atoms with Gasteiger partial charge in [0.2, 0.25) is 5.82 Å². The molecule has 2 bridgehead atoms. The van der Waals surface area contributed by atoms with Crippen LogP contribution in [0, 0.1) is 0 Å². The van der Waals surface area contributed by atoms with Gasteiger partial charge in [0.1, 0.15) is 11.9 Å².